The van der Waals surface area contributed by atoms with Gasteiger partial charge in [-0.3, -0.25) is 0 Å². The van der Waals surface area contributed by atoms with E-state index in [9.17, 15) is 13.7 Å². The van der Waals surface area contributed by atoms with Gasteiger partial charge in [-0.1, -0.05) is 17.7 Å². The lowest BCUT2D eigenvalue weighted by atomic mass is 9.99. The molecule has 5 nitrogen and oxygen atoms in total. The van der Waals surface area contributed by atoms with Gasteiger partial charge in [-0.25, -0.2) is 8.42 Å². The molecular weight excluding hydrogens is 322 g/mol. The molecule has 2 atom stereocenters. The van der Waals surface area contributed by atoms with E-state index >= 15 is 0 Å². The molecular formula is C15H20ClN3O2S. The molecule has 2 rings (SSSR count). The van der Waals surface area contributed by atoms with E-state index in [1.165, 1.54) is 16.4 Å². The normalized spacial score (nSPS) is 23.5. The lowest BCUT2D eigenvalue weighted by Crippen LogP contribution is -2.48. The van der Waals surface area contributed by atoms with Crippen molar-refractivity contribution in [1.29, 1.82) is 5.26 Å². The molecule has 0 bridgehead atoms. The number of hydrogen-bond acceptors (Lipinski definition) is 4. The topological polar surface area (TPSA) is 64.4 Å². The second kappa shape index (κ2) is 6.55. The average Bonchev–Trinajstić information content (AvgIpc) is 2.49. The van der Waals surface area contributed by atoms with Crippen molar-refractivity contribution in [3.05, 3.63) is 28.8 Å². The predicted octanol–water partition coefficient (Wildman–Crippen LogP) is 2.31. The van der Waals surface area contributed by atoms with E-state index in [-0.39, 0.29) is 21.5 Å². The fraction of sp³-hybridized carbons (Fsp3) is 0.533. The van der Waals surface area contributed by atoms with Crippen LogP contribution in [0.15, 0.2) is 23.1 Å². The molecule has 0 aromatic heterocycles. The Morgan fingerprint density at radius 2 is 2.14 bits per heavy atom. The molecule has 0 saturated carbocycles. The smallest absolute Gasteiger partial charge is 0.244 e. The summed E-state index contributed by atoms with van der Waals surface area (Å²) in [5.41, 5.74) is 0.0111. The minimum atomic E-state index is -3.74. The largest absolute Gasteiger partial charge is 0.304 e. The van der Waals surface area contributed by atoms with Gasteiger partial charge in [0.15, 0.2) is 0 Å². The van der Waals surface area contributed by atoms with Crippen LogP contribution in [0, 0.1) is 11.3 Å². The van der Waals surface area contributed by atoms with Crippen molar-refractivity contribution in [3.8, 4) is 6.07 Å². The molecule has 1 aromatic carbocycles. The Labute approximate surface area is 137 Å². The molecule has 1 aromatic rings. The zero-order valence-electron chi connectivity index (χ0n) is 13.0. The maximum Gasteiger partial charge on any atom is 0.244 e. The molecule has 22 heavy (non-hydrogen) atoms. The maximum atomic E-state index is 12.9. The summed E-state index contributed by atoms with van der Waals surface area (Å²) < 4.78 is 27.1. The maximum absolute atomic E-state index is 12.9. The number of nitriles is 1. The van der Waals surface area contributed by atoms with Gasteiger partial charge in [0.1, 0.15) is 11.0 Å². The molecule has 0 N–H and O–H groups in total. The van der Waals surface area contributed by atoms with Crippen molar-refractivity contribution < 1.29 is 8.42 Å². The van der Waals surface area contributed by atoms with Gasteiger partial charge in [-0.15, -0.1) is 0 Å². The summed E-state index contributed by atoms with van der Waals surface area (Å²) >= 11 is 5.96. The minimum Gasteiger partial charge on any atom is -0.304 e. The quantitative estimate of drug-likeness (QED) is 0.846. The Morgan fingerprint density at radius 3 is 2.73 bits per heavy atom. The molecule has 0 radical (unpaired) electrons. The lowest BCUT2D eigenvalue weighted by Gasteiger charge is -2.38. The van der Waals surface area contributed by atoms with E-state index in [4.69, 9.17) is 11.6 Å². The van der Waals surface area contributed by atoms with Crippen molar-refractivity contribution in [2.75, 3.05) is 20.6 Å². The second-order valence-electron chi connectivity index (χ2n) is 5.75. The summed E-state index contributed by atoms with van der Waals surface area (Å²) in [4.78, 5) is 2.20. The van der Waals surface area contributed by atoms with Crippen LogP contribution >= 0.6 is 11.6 Å². The first-order chi connectivity index (χ1) is 10.3. The third-order valence-electron chi connectivity index (χ3n) is 4.44. The first-order valence-electron chi connectivity index (χ1n) is 7.16. The third kappa shape index (κ3) is 3.13. The number of sulfonamides is 1. The standard InChI is InChI=1S/C15H20ClN3O2S/c1-11-9-12(7-8-18(11)2)19(3)22(20,21)15-6-4-5-14(16)13(15)10-17/h4-6,11-12H,7-9H2,1-3H3. The van der Waals surface area contributed by atoms with Gasteiger partial charge in [0.05, 0.1) is 10.6 Å². The number of halogens is 1. The summed E-state index contributed by atoms with van der Waals surface area (Å²) in [5, 5.41) is 9.37. The Balaban J connectivity index is 2.35. The van der Waals surface area contributed by atoms with Gasteiger partial charge in [-0.05, 0) is 45.5 Å². The van der Waals surface area contributed by atoms with Crippen LogP contribution in [0.3, 0.4) is 0 Å². The molecule has 120 valence electrons. The minimum absolute atomic E-state index is 0.0111. The van der Waals surface area contributed by atoms with Gasteiger partial charge < -0.3 is 4.90 Å². The van der Waals surface area contributed by atoms with Crippen molar-refractivity contribution in [3.63, 3.8) is 0 Å². The number of rotatable bonds is 3. The number of hydrogen-bond donors (Lipinski definition) is 0. The number of benzene rings is 1. The van der Waals surface area contributed by atoms with E-state index in [0.29, 0.717) is 6.04 Å². The highest BCUT2D eigenvalue weighted by atomic mass is 35.5. The highest BCUT2D eigenvalue weighted by Crippen LogP contribution is 2.29. The van der Waals surface area contributed by atoms with Crippen molar-refractivity contribution in [2.45, 2.75) is 36.7 Å². The van der Waals surface area contributed by atoms with Crippen molar-refractivity contribution in [2.24, 2.45) is 0 Å². The molecule has 1 heterocycles. The van der Waals surface area contributed by atoms with Gasteiger partial charge in [0.2, 0.25) is 10.0 Å². The van der Waals surface area contributed by atoms with Crippen LogP contribution in [0.25, 0.3) is 0 Å². The fourth-order valence-electron chi connectivity index (χ4n) is 2.77. The molecule has 7 heteroatoms. The van der Waals surface area contributed by atoms with Gasteiger partial charge in [0, 0.05) is 19.1 Å². The fourth-order valence-corrected chi connectivity index (χ4v) is 4.61. The summed E-state index contributed by atoms with van der Waals surface area (Å²) in [6.07, 6.45) is 1.55. The van der Waals surface area contributed by atoms with E-state index < -0.39 is 10.0 Å². The van der Waals surface area contributed by atoms with E-state index in [2.05, 4.69) is 11.8 Å². The monoisotopic (exact) mass is 341 g/mol. The van der Waals surface area contributed by atoms with E-state index in [0.717, 1.165) is 19.4 Å². The average molecular weight is 342 g/mol. The van der Waals surface area contributed by atoms with Crippen molar-refractivity contribution >= 4 is 21.6 Å². The van der Waals surface area contributed by atoms with E-state index in [1.807, 2.05) is 13.1 Å². The second-order valence-corrected chi connectivity index (χ2v) is 8.13. The lowest BCUT2D eigenvalue weighted by molar-refractivity contribution is 0.142. The SMILES string of the molecule is CC1CC(N(C)S(=O)(=O)c2cccc(Cl)c2C#N)CCN1C. The van der Waals surface area contributed by atoms with Crippen LogP contribution in [-0.2, 0) is 10.0 Å². The van der Waals surface area contributed by atoms with E-state index in [1.54, 1.807) is 13.1 Å². The van der Waals surface area contributed by atoms with Gasteiger partial charge >= 0.3 is 0 Å². The summed E-state index contributed by atoms with van der Waals surface area (Å²) in [7, 11) is -0.112. The molecule has 0 spiro atoms. The van der Waals surface area contributed by atoms with Crippen LogP contribution in [0.4, 0.5) is 0 Å². The Hall–Kier alpha value is -1.13. The first-order valence-corrected chi connectivity index (χ1v) is 8.97. The zero-order chi connectivity index (χ0) is 16.5. The molecule has 0 amide bonds. The zero-order valence-corrected chi connectivity index (χ0v) is 14.5. The van der Waals surface area contributed by atoms with Crippen LogP contribution in [0.5, 0.6) is 0 Å². The summed E-state index contributed by atoms with van der Waals surface area (Å²) in [6, 6.07) is 6.68. The van der Waals surface area contributed by atoms with Crippen LogP contribution < -0.4 is 0 Å². The van der Waals surface area contributed by atoms with Crippen LogP contribution in [-0.4, -0.2) is 50.3 Å². The summed E-state index contributed by atoms with van der Waals surface area (Å²) in [5.74, 6) is 0. The number of likely N-dealkylation sites (tertiary alicyclic amines) is 1. The molecule has 1 aliphatic heterocycles. The Kier molecular flexibility index (Phi) is 5.13. The molecule has 1 fully saturated rings. The molecule has 0 aliphatic carbocycles. The predicted molar refractivity (Wildman–Crippen MR) is 86.2 cm³/mol. The third-order valence-corrected chi connectivity index (χ3v) is 6.71. The van der Waals surface area contributed by atoms with Crippen LogP contribution in [0.1, 0.15) is 25.3 Å². The molecule has 2 unspecified atom stereocenters. The van der Waals surface area contributed by atoms with Crippen molar-refractivity contribution in [1.82, 2.24) is 9.21 Å². The summed E-state index contributed by atoms with van der Waals surface area (Å²) in [6.45, 7) is 2.94. The highest BCUT2D eigenvalue weighted by molar-refractivity contribution is 7.89. The number of piperidine rings is 1. The number of nitrogens with zero attached hydrogens (tertiary/aromatic N) is 3. The molecule has 1 saturated heterocycles. The Bertz CT molecular complexity index is 699. The first kappa shape index (κ1) is 17.2. The van der Waals surface area contributed by atoms with Gasteiger partial charge in [-0.2, -0.15) is 9.57 Å². The van der Waals surface area contributed by atoms with Gasteiger partial charge in [0.25, 0.3) is 0 Å². The Morgan fingerprint density at radius 1 is 1.45 bits per heavy atom. The molecule has 1 aliphatic rings. The highest BCUT2D eigenvalue weighted by Gasteiger charge is 2.34. The van der Waals surface area contributed by atoms with Crippen LogP contribution in [0.2, 0.25) is 5.02 Å².